The lowest BCUT2D eigenvalue weighted by molar-refractivity contribution is 0.0702. The van der Waals surface area contributed by atoms with Crippen molar-refractivity contribution in [2.75, 3.05) is 5.75 Å². The van der Waals surface area contributed by atoms with Crippen molar-refractivity contribution in [1.29, 1.82) is 0 Å². The highest BCUT2D eigenvalue weighted by atomic mass is 35.5. The summed E-state index contributed by atoms with van der Waals surface area (Å²) < 4.78 is 15.5. The lowest BCUT2D eigenvalue weighted by Crippen LogP contribution is -2.19. The predicted octanol–water partition coefficient (Wildman–Crippen LogP) is 5.90. The van der Waals surface area contributed by atoms with Gasteiger partial charge in [0.15, 0.2) is 4.34 Å². The zero-order valence-corrected chi connectivity index (χ0v) is 18.3. The Morgan fingerprint density at radius 1 is 1.46 bits per heavy atom. The van der Waals surface area contributed by atoms with Crippen molar-refractivity contribution in [3.05, 3.63) is 43.2 Å². The van der Waals surface area contributed by atoms with E-state index in [0.29, 0.717) is 25.9 Å². The third-order valence-corrected chi connectivity index (χ3v) is 8.41. The van der Waals surface area contributed by atoms with Crippen molar-refractivity contribution in [2.45, 2.75) is 29.5 Å². The molecule has 150 valence electrons. The molecule has 10 heteroatoms. The molecule has 0 aliphatic heterocycles. The van der Waals surface area contributed by atoms with Gasteiger partial charge in [-0.05, 0) is 24.6 Å². The summed E-state index contributed by atoms with van der Waals surface area (Å²) in [5.41, 5.74) is 3.02. The number of alkyl halides is 1. The summed E-state index contributed by atoms with van der Waals surface area (Å²) in [6.07, 6.45) is 3.57. The minimum absolute atomic E-state index is 0.106. The van der Waals surface area contributed by atoms with Crippen LogP contribution in [0.1, 0.15) is 27.4 Å². The number of rotatable bonds is 7. The van der Waals surface area contributed by atoms with Crippen LogP contribution in [-0.2, 0) is 0 Å². The highest BCUT2D eigenvalue weighted by Gasteiger charge is 2.41. The first-order valence-electron chi connectivity index (χ1n) is 8.36. The molecule has 0 amide bonds. The topological polar surface area (TPSA) is 70.4 Å². The number of thiophene rings is 1. The number of carboxylic acids is 1. The van der Waals surface area contributed by atoms with E-state index in [1.807, 2.05) is 0 Å². The third-order valence-electron chi connectivity index (χ3n) is 4.42. The summed E-state index contributed by atoms with van der Waals surface area (Å²) >= 11 is 15.7. The van der Waals surface area contributed by atoms with Gasteiger partial charge in [-0.2, -0.15) is 0 Å². The first-order chi connectivity index (χ1) is 13.3. The van der Waals surface area contributed by atoms with Crippen molar-refractivity contribution in [2.24, 2.45) is 11.8 Å². The summed E-state index contributed by atoms with van der Waals surface area (Å²) in [4.78, 5) is 16.0. The zero-order valence-electron chi connectivity index (χ0n) is 14.3. The third kappa shape index (κ3) is 5.39. The van der Waals surface area contributed by atoms with Crippen LogP contribution in [0.4, 0.5) is 4.39 Å². The lowest BCUT2D eigenvalue weighted by Gasteiger charge is -2.18. The molecule has 0 spiro atoms. The standard InChI is InChI=1S/C18H16Cl2FNO3S3/c19-12-6-9(27-16(12)20)2-1-3-11-10(13(21)7-14(11)23)4-5-26-18-22-8-15(28-18)17(24)25/h2-3,6,8,10-11,13-14,23H,4-5,7H2,(H,24,25)/t1?,10-,11-,13-,14-/m1/s1. The number of nitrogens with zero attached hydrogens (tertiary/aromatic N) is 1. The number of aliphatic hydroxyl groups excluding tert-OH is 1. The minimum Gasteiger partial charge on any atom is -0.477 e. The second-order valence-electron chi connectivity index (χ2n) is 6.24. The quantitative estimate of drug-likeness (QED) is 0.382. The Balaban J connectivity index is 1.61. The van der Waals surface area contributed by atoms with Gasteiger partial charge in [-0.15, -0.1) is 28.4 Å². The van der Waals surface area contributed by atoms with Crippen molar-refractivity contribution >= 4 is 69.7 Å². The van der Waals surface area contributed by atoms with E-state index in [-0.39, 0.29) is 23.1 Å². The molecule has 2 heterocycles. The Morgan fingerprint density at radius 3 is 2.89 bits per heavy atom. The Bertz CT molecular complexity index is 890. The maximum Gasteiger partial charge on any atom is 0.347 e. The number of aromatic nitrogens is 1. The molecular formula is C18H16Cl2FNO3S3. The molecule has 3 rings (SSSR count). The van der Waals surface area contributed by atoms with Gasteiger partial charge in [0, 0.05) is 28.9 Å². The minimum atomic E-state index is -1.09. The molecule has 0 saturated heterocycles. The van der Waals surface area contributed by atoms with E-state index in [4.69, 9.17) is 28.3 Å². The second kappa shape index (κ2) is 9.76. The number of thioether (sulfide) groups is 1. The second-order valence-corrected chi connectivity index (χ2v) is 10.7. The van der Waals surface area contributed by atoms with Crippen LogP contribution in [0, 0.1) is 11.8 Å². The van der Waals surface area contributed by atoms with Crippen molar-refractivity contribution < 1.29 is 19.4 Å². The number of hydrogen-bond acceptors (Lipinski definition) is 6. The van der Waals surface area contributed by atoms with Crippen LogP contribution < -0.4 is 0 Å². The molecule has 1 fully saturated rings. The molecule has 2 N–H and O–H groups in total. The van der Waals surface area contributed by atoms with Crippen LogP contribution in [0.5, 0.6) is 0 Å². The maximum atomic E-state index is 14.4. The van der Waals surface area contributed by atoms with E-state index in [9.17, 15) is 14.3 Å². The van der Waals surface area contributed by atoms with Crippen LogP contribution in [0.2, 0.25) is 9.36 Å². The van der Waals surface area contributed by atoms with Crippen LogP contribution in [-0.4, -0.2) is 39.2 Å². The lowest BCUT2D eigenvalue weighted by atomic mass is 9.92. The van der Waals surface area contributed by atoms with E-state index < -0.39 is 18.2 Å². The Morgan fingerprint density at radius 2 is 2.25 bits per heavy atom. The summed E-state index contributed by atoms with van der Waals surface area (Å²) in [6.45, 7) is 0. The van der Waals surface area contributed by atoms with E-state index in [0.717, 1.165) is 16.2 Å². The monoisotopic (exact) mass is 479 g/mol. The molecule has 0 unspecified atom stereocenters. The SMILES string of the molecule is O=C(O)c1cnc(SCC[C@@H]2[C@@H](C=C=Cc3cc(Cl)c(Cl)s3)[C@H](O)C[C@H]2F)s1. The number of aromatic carboxylic acids is 1. The van der Waals surface area contributed by atoms with E-state index in [1.165, 1.54) is 29.3 Å². The summed E-state index contributed by atoms with van der Waals surface area (Å²) in [5.74, 6) is -1.06. The number of thiazole rings is 1. The smallest absolute Gasteiger partial charge is 0.347 e. The fourth-order valence-corrected chi connectivity index (χ4v) is 6.30. The largest absolute Gasteiger partial charge is 0.477 e. The number of carbonyl (C=O) groups is 1. The maximum absolute atomic E-state index is 14.4. The Hall–Kier alpha value is -0.860. The first-order valence-corrected chi connectivity index (χ1v) is 11.7. The first kappa shape index (κ1) is 21.8. The molecule has 0 radical (unpaired) electrons. The Labute approximate surface area is 183 Å². The van der Waals surface area contributed by atoms with E-state index in [2.05, 4.69) is 10.7 Å². The molecule has 1 aliphatic carbocycles. The number of carboxylic acid groups (broad SMARTS) is 1. The van der Waals surface area contributed by atoms with Gasteiger partial charge >= 0.3 is 5.97 Å². The van der Waals surface area contributed by atoms with Crippen molar-refractivity contribution in [3.63, 3.8) is 0 Å². The molecule has 0 aromatic carbocycles. The normalized spacial score (nSPS) is 24.1. The summed E-state index contributed by atoms with van der Waals surface area (Å²) in [7, 11) is 0. The molecule has 2 aromatic heterocycles. The van der Waals surface area contributed by atoms with Crippen LogP contribution in [0.25, 0.3) is 6.08 Å². The Kier molecular flexibility index (Phi) is 7.61. The van der Waals surface area contributed by atoms with Gasteiger partial charge in [0.2, 0.25) is 0 Å². The summed E-state index contributed by atoms with van der Waals surface area (Å²) in [6, 6.07) is 1.73. The fourth-order valence-electron chi connectivity index (χ4n) is 3.08. The van der Waals surface area contributed by atoms with Crippen molar-refractivity contribution in [1.82, 2.24) is 4.98 Å². The van der Waals surface area contributed by atoms with Gasteiger partial charge in [-0.3, -0.25) is 0 Å². The molecule has 28 heavy (non-hydrogen) atoms. The van der Waals surface area contributed by atoms with Gasteiger partial charge in [-0.25, -0.2) is 14.2 Å². The zero-order chi connectivity index (χ0) is 20.3. The molecule has 1 saturated carbocycles. The average molecular weight is 480 g/mol. The fraction of sp³-hybridized carbons (Fsp3) is 0.389. The molecular weight excluding hydrogens is 464 g/mol. The molecule has 0 bridgehead atoms. The van der Waals surface area contributed by atoms with Crippen LogP contribution >= 0.6 is 57.6 Å². The number of halogens is 3. The number of aliphatic hydroxyl groups is 1. The van der Waals surface area contributed by atoms with E-state index >= 15 is 0 Å². The molecule has 4 atom stereocenters. The molecule has 1 aliphatic rings. The molecule has 4 nitrogen and oxygen atoms in total. The highest BCUT2D eigenvalue weighted by Crippen LogP contribution is 2.39. The van der Waals surface area contributed by atoms with Crippen LogP contribution in [0.15, 0.2) is 28.4 Å². The molecule has 2 aromatic rings. The highest BCUT2D eigenvalue weighted by molar-refractivity contribution is 8.01. The van der Waals surface area contributed by atoms with Gasteiger partial charge in [0.05, 0.1) is 17.3 Å². The number of hydrogen-bond donors (Lipinski definition) is 2. The predicted molar refractivity (Wildman–Crippen MR) is 114 cm³/mol. The van der Waals surface area contributed by atoms with E-state index in [1.54, 1.807) is 18.2 Å². The van der Waals surface area contributed by atoms with Gasteiger partial charge < -0.3 is 10.2 Å². The summed E-state index contributed by atoms with van der Waals surface area (Å²) in [5, 5.41) is 19.6. The average Bonchev–Trinajstić information content (AvgIpc) is 3.29. The van der Waals surface area contributed by atoms with Crippen molar-refractivity contribution in [3.8, 4) is 0 Å². The van der Waals surface area contributed by atoms with Crippen LogP contribution in [0.3, 0.4) is 0 Å². The van der Waals surface area contributed by atoms with Gasteiger partial charge in [0.1, 0.15) is 15.4 Å². The van der Waals surface area contributed by atoms with Gasteiger partial charge in [-0.1, -0.05) is 35.0 Å². The van der Waals surface area contributed by atoms with Gasteiger partial charge in [0.25, 0.3) is 0 Å².